The molecule has 3 rings (SSSR count). The zero-order chi connectivity index (χ0) is 24.7. The van der Waals surface area contributed by atoms with Crippen molar-refractivity contribution >= 4 is 29.3 Å². The van der Waals surface area contributed by atoms with Crippen molar-refractivity contribution in [2.75, 3.05) is 13.7 Å². The van der Waals surface area contributed by atoms with Gasteiger partial charge in [-0.1, -0.05) is 23.7 Å². The van der Waals surface area contributed by atoms with Gasteiger partial charge in [-0.2, -0.15) is 0 Å². The summed E-state index contributed by atoms with van der Waals surface area (Å²) in [6.07, 6.45) is 2.95. The van der Waals surface area contributed by atoms with Crippen molar-refractivity contribution in [3.8, 4) is 11.5 Å². The van der Waals surface area contributed by atoms with Crippen molar-refractivity contribution in [1.82, 2.24) is 20.6 Å². The van der Waals surface area contributed by atoms with Crippen LogP contribution in [0.5, 0.6) is 11.5 Å². The minimum absolute atomic E-state index is 0.103. The summed E-state index contributed by atoms with van der Waals surface area (Å²) in [4.78, 5) is 31.6. The zero-order valence-corrected chi connectivity index (χ0v) is 19.4. The van der Waals surface area contributed by atoms with Crippen LogP contribution in [0.3, 0.4) is 0 Å². The van der Waals surface area contributed by atoms with Crippen LogP contribution in [0.15, 0.2) is 48.8 Å². The second kappa shape index (κ2) is 11.2. The number of halogens is 1. The predicted molar refractivity (Wildman–Crippen MR) is 127 cm³/mol. The molecule has 0 radical (unpaired) electrons. The third kappa shape index (κ3) is 6.48. The van der Waals surface area contributed by atoms with Gasteiger partial charge < -0.3 is 30.8 Å². The molecule has 0 aliphatic rings. The first-order valence-corrected chi connectivity index (χ1v) is 10.7. The van der Waals surface area contributed by atoms with E-state index in [1.807, 2.05) is 6.92 Å². The van der Waals surface area contributed by atoms with Crippen LogP contribution in [0, 0.1) is 5.41 Å². The van der Waals surface area contributed by atoms with E-state index in [2.05, 4.69) is 20.6 Å². The Morgan fingerprint density at radius 1 is 1.24 bits per heavy atom. The molecule has 178 valence electrons. The van der Waals surface area contributed by atoms with Gasteiger partial charge in [-0.25, -0.2) is 4.98 Å². The number of hydrogen-bond donors (Lipinski definition) is 5. The van der Waals surface area contributed by atoms with E-state index in [-0.39, 0.29) is 36.9 Å². The lowest BCUT2D eigenvalue weighted by Crippen LogP contribution is -2.26. The van der Waals surface area contributed by atoms with E-state index in [1.165, 1.54) is 13.1 Å². The van der Waals surface area contributed by atoms with E-state index in [0.717, 1.165) is 0 Å². The minimum atomic E-state index is -0.383. The average molecular weight is 485 g/mol. The summed E-state index contributed by atoms with van der Waals surface area (Å²) in [5.74, 6) is 0.546. The zero-order valence-electron chi connectivity index (χ0n) is 18.6. The van der Waals surface area contributed by atoms with Crippen LogP contribution in [0.2, 0.25) is 5.02 Å². The Bertz CT molecular complexity index is 1180. The molecule has 1 heterocycles. The number of amidine groups is 1. The number of nitrogens with two attached hydrogens (primary N) is 1. The van der Waals surface area contributed by atoms with Crippen LogP contribution in [0.4, 0.5) is 0 Å². The molecule has 0 aliphatic carbocycles. The van der Waals surface area contributed by atoms with Gasteiger partial charge >= 0.3 is 0 Å². The topological polar surface area (TPSA) is 155 Å². The van der Waals surface area contributed by atoms with Gasteiger partial charge in [0, 0.05) is 47.7 Å². The molecule has 11 heteroatoms. The van der Waals surface area contributed by atoms with Gasteiger partial charge in [-0.15, -0.1) is 0 Å². The highest BCUT2D eigenvalue weighted by atomic mass is 35.5. The molecule has 1 unspecified atom stereocenters. The van der Waals surface area contributed by atoms with Gasteiger partial charge in [-0.3, -0.25) is 15.0 Å². The molecular weight excluding hydrogens is 460 g/mol. The normalized spacial score (nSPS) is 11.4. The monoisotopic (exact) mass is 484 g/mol. The molecule has 0 saturated carbocycles. The molecule has 10 nitrogen and oxygen atoms in total. The number of amides is 2. The molecule has 0 spiro atoms. The minimum Gasteiger partial charge on any atom is -0.483 e. The Morgan fingerprint density at radius 3 is 2.71 bits per heavy atom. The van der Waals surface area contributed by atoms with Gasteiger partial charge in [0.25, 0.3) is 11.8 Å². The summed E-state index contributed by atoms with van der Waals surface area (Å²) in [5.41, 5.74) is 6.90. The van der Waals surface area contributed by atoms with Crippen molar-refractivity contribution in [3.63, 3.8) is 0 Å². The molecule has 34 heavy (non-hydrogen) atoms. The van der Waals surface area contributed by atoms with Crippen LogP contribution in [-0.2, 0) is 11.3 Å². The number of carbonyl (C=O) groups excluding carboxylic acids is 2. The quantitative estimate of drug-likeness (QED) is 0.220. The molecule has 0 fully saturated rings. The van der Waals surface area contributed by atoms with Gasteiger partial charge in [0.1, 0.15) is 23.2 Å². The highest BCUT2D eigenvalue weighted by molar-refractivity contribution is 6.31. The summed E-state index contributed by atoms with van der Waals surface area (Å²) in [5, 5.41) is 13.2. The fourth-order valence-corrected chi connectivity index (χ4v) is 3.24. The maximum absolute atomic E-state index is 12.8. The molecule has 0 saturated heterocycles. The first-order valence-electron chi connectivity index (χ1n) is 10.3. The van der Waals surface area contributed by atoms with Crippen LogP contribution in [0.25, 0.3) is 0 Å². The van der Waals surface area contributed by atoms with Crippen LogP contribution < -0.4 is 25.8 Å². The van der Waals surface area contributed by atoms with Crippen LogP contribution in [-0.4, -0.2) is 41.3 Å². The lowest BCUT2D eigenvalue weighted by molar-refractivity contribution is -0.122. The van der Waals surface area contributed by atoms with Gasteiger partial charge in [-0.05, 0) is 31.2 Å². The number of aromatic amines is 1. The molecule has 3 aromatic rings. The SMILES string of the molecule is CNC(=O)COc1cc(C(=N)N)ccc1CNC(=O)c1cc(Cl)cc(OC(C)c2ncc[nH]2)c1. The molecule has 2 aromatic carbocycles. The number of nitrogens with zero attached hydrogens (tertiary/aromatic N) is 1. The molecule has 6 N–H and O–H groups in total. The van der Waals surface area contributed by atoms with E-state index in [1.54, 1.807) is 42.7 Å². The van der Waals surface area contributed by atoms with E-state index >= 15 is 0 Å². The molecule has 1 atom stereocenters. The number of H-pyrrole nitrogens is 1. The predicted octanol–water partition coefficient (Wildman–Crippen LogP) is 2.54. The number of ether oxygens (including phenoxy) is 2. The summed E-state index contributed by atoms with van der Waals surface area (Å²) in [7, 11) is 1.50. The third-order valence-electron chi connectivity index (χ3n) is 4.81. The number of rotatable bonds is 10. The highest BCUT2D eigenvalue weighted by Gasteiger charge is 2.15. The van der Waals surface area contributed by atoms with Gasteiger partial charge in [0.15, 0.2) is 12.7 Å². The fraction of sp³-hybridized carbons (Fsp3) is 0.217. The lowest BCUT2D eigenvalue weighted by Gasteiger charge is -2.15. The maximum Gasteiger partial charge on any atom is 0.257 e. The Kier molecular flexibility index (Phi) is 8.10. The second-order valence-corrected chi connectivity index (χ2v) is 7.73. The van der Waals surface area contributed by atoms with Crippen molar-refractivity contribution in [1.29, 1.82) is 5.41 Å². The summed E-state index contributed by atoms with van der Waals surface area (Å²) < 4.78 is 11.4. The summed E-state index contributed by atoms with van der Waals surface area (Å²) >= 11 is 6.20. The number of nitrogens with one attached hydrogen (secondary N) is 4. The van der Waals surface area contributed by atoms with Gasteiger partial charge in [0.05, 0.1) is 0 Å². The average Bonchev–Trinajstić information content (AvgIpc) is 3.36. The number of aromatic nitrogens is 2. The second-order valence-electron chi connectivity index (χ2n) is 7.29. The number of imidazole rings is 1. The number of carbonyl (C=O) groups is 2. The molecule has 0 aliphatic heterocycles. The van der Waals surface area contributed by atoms with Crippen molar-refractivity contribution in [2.24, 2.45) is 5.73 Å². The smallest absolute Gasteiger partial charge is 0.257 e. The Balaban J connectivity index is 1.73. The van der Waals surface area contributed by atoms with Crippen LogP contribution >= 0.6 is 11.6 Å². The van der Waals surface area contributed by atoms with Crippen LogP contribution in [0.1, 0.15) is 40.3 Å². The largest absolute Gasteiger partial charge is 0.483 e. The Morgan fingerprint density at radius 2 is 2.03 bits per heavy atom. The van der Waals surface area contributed by atoms with E-state index in [9.17, 15) is 9.59 Å². The molecule has 1 aromatic heterocycles. The fourth-order valence-electron chi connectivity index (χ4n) is 3.02. The van der Waals surface area contributed by atoms with E-state index in [4.69, 9.17) is 32.2 Å². The number of nitrogen functional groups attached to an aromatic ring is 1. The molecular formula is C23H25ClN6O4. The Hall–Kier alpha value is -4.05. The van der Waals surface area contributed by atoms with E-state index in [0.29, 0.717) is 39.0 Å². The third-order valence-corrected chi connectivity index (χ3v) is 5.02. The number of likely N-dealkylation sites (N-methyl/N-ethyl adjacent to an activating group) is 1. The van der Waals surface area contributed by atoms with E-state index < -0.39 is 0 Å². The molecule has 0 bridgehead atoms. The Labute approximate surface area is 201 Å². The van der Waals surface area contributed by atoms with Crippen molar-refractivity contribution in [2.45, 2.75) is 19.6 Å². The van der Waals surface area contributed by atoms with Crippen molar-refractivity contribution < 1.29 is 19.1 Å². The summed E-state index contributed by atoms with van der Waals surface area (Å²) in [6, 6.07) is 9.59. The van der Waals surface area contributed by atoms with Crippen molar-refractivity contribution in [3.05, 3.63) is 76.3 Å². The standard InChI is InChI=1S/C23H25ClN6O4/c1-13(22-28-5-6-29-22)34-18-8-16(7-17(24)10-18)23(32)30-11-15-4-3-14(21(25)26)9-19(15)33-12-20(31)27-2/h3-10,13H,11-12H2,1-2H3,(H3,25,26)(H,27,31)(H,28,29)(H,30,32). The number of hydrogen-bond acceptors (Lipinski definition) is 6. The first kappa shape index (κ1) is 24.6. The lowest BCUT2D eigenvalue weighted by atomic mass is 10.1. The highest BCUT2D eigenvalue weighted by Crippen LogP contribution is 2.26. The summed E-state index contributed by atoms with van der Waals surface area (Å²) in [6.45, 7) is 1.71. The number of benzene rings is 2. The van der Waals surface area contributed by atoms with Gasteiger partial charge in [0.2, 0.25) is 0 Å². The molecule has 2 amide bonds. The maximum atomic E-state index is 12.8. The first-order chi connectivity index (χ1) is 16.3.